The Hall–Kier alpha value is -6.47. The molecule has 4 aliphatic heterocycles. The zero-order valence-corrected chi connectivity index (χ0v) is 59.2. The maximum Gasteiger partial charge on any atom is 0.317 e. The molecule has 3 saturated heterocycles. The van der Waals surface area contributed by atoms with Crippen LogP contribution in [-0.4, -0.2) is 266 Å². The summed E-state index contributed by atoms with van der Waals surface area (Å²) in [5.41, 5.74) is 9.33. The average Bonchev–Trinajstić information content (AvgIpc) is 1.63. The minimum absolute atomic E-state index is 0.00249. The summed E-state index contributed by atoms with van der Waals surface area (Å²) in [5, 5.41) is 47.9. The second kappa shape index (κ2) is 42.6. The second-order valence-electron chi connectivity index (χ2n) is 26.1. The van der Waals surface area contributed by atoms with Gasteiger partial charge in [-0.2, -0.15) is 35.3 Å². The van der Waals surface area contributed by atoms with E-state index in [0.29, 0.717) is 106 Å². The van der Waals surface area contributed by atoms with Gasteiger partial charge in [0.15, 0.2) is 5.78 Å². The Morgan fingerprint density at radius 1 is 0.602 bits per heavy atom. The zero-order valence-electron chi connectivity index (χ0n) is 56.8. The molecule has 3 fully saturated rings. The summed E-state index contributed by atoms with van der Waals surface area (Å²) >= 11 is 4.83. The number of thioether (sulfide) groups is 3. The molecule has 0 saturated carbocycles. The summed E-state index contributed by atoms with van der Waals surface area (Å²) in [7, 11) is 0. The normalized spacial score (nSPS) is 23.2. The number of amides is 6. The number of nitrogens with one attached hydrogen (secondary N) is 3. The van der Waals surface area contributed by atoms with Crippen LogP contribution in [0.1, 0.15) is 132 Å². The van der Waals surface area contributed by atoms with Crippen molar-refractivity contribution in [3.8, 4) is 0 Å². The van der Waals surface area contributed by atoms with Gasteiger partial charge in [-0.15, -0.1) is 0 Å². The fourth-order valence-corrected chi connectivity index (χ4v) is 15.7. The van der Waals surface area contributed by atoms with Gasteiger partial charge in [-0.1, -0.05) is 68.3 Å². The molecule has 2 aromatic rings. The number of rotatable bonds is 26. The van der Waals surface area contributed by atoms with E-state index in [1.807, 2.05) is 42.2 Å². The number of aliphatic hydroxyl groups is 1. The van der Waals surface area contributed by atoms with Gasteiger partial charge in [0.1, 0.15) is 35.7 Å². The molecule has 542 valence electrons. The predicted molar refractivity (Wildman–Crippen MR) is 375 cm³/mol. The number of carboxylic acids is 3. The van der Waals surface area contributed by atoms with E-state index in [0.717, 1.165) is 35.1 Å². The Morgan fingerprint density at radius 2 is 1.15 bits per heavy atom. The molecule has 6 amide bonds. The van der Waals surface area contributed by atoms with Gasteiger partial charge in [-0.05, 0) is 98.5 Å². The Bertz CT molecular complexity index is 2990. The second-order valence-corrected chi connectivity index (χ2v) is 29.3. The number of fused-ring (bicyclic) bond motifs is 4. The number of aliphatic hydroxyl groups excluding tert-OH is 1. The minimum Gasteiger partial charge on any atom is -0.480 e. The highest BCUT2D eigenvalue weighted by atomic mass is 32.2. The molecule has 2 bridgehead atoms. The molecule has 29 heteroatoms. The number of nitrogens with zero attached hydrogens (tertiary/aromatic N) is 6. The van der Waals surface area contributed by atoms with Crippen LogP contribution in [0.25, 0.3) is 0 Å². The van der Waals surface area contributed by atoms with Crippen molar-refractivity contribution in [2.24, 2.45) is 11.7 Å². The summed E-state index contributed by atoms with van der Waals surface area (Å²) in [6, 6.07) is 9.38. The highest BCUT2D eigenvalue weighted by Gasteiger charge is 2.45. The summed E-state index contributed by atoms with van der Waals surface area (Å²) in [6.07, 6.45) is 3.69. The Kier molecular flexibility index (Phi) is 35.0. The number of carbonyl (C=O) groups excluding carboxylic acids is 9. The van der Waals surface area contributed by atoms with E-state index in [1.165, 1.54) is 23.6 Å². The SMILES string of the molecule is CCCCCC(=O)C[C@H]1CSCc2cc(CSCCCC(=O)CN3CCN(CC(=O)O)CCN(CC(=O)O)CCN(CC(=O)O)CC3)cc(c2)CSCCCC(=O)[C@H](Cc2ccccc2)NC(=O)[C@H](CCC(N)=O)NC(=O)[C@H]([C@@H](C)O)NC(=O)[C@@H]2CCCN2C(=O)[C@@H]2CCCN2C1=O. The van der Waals surface area contributed by atoms with Gasteiger partial charge in [-0.3, -0.25) is 77.1 Å². The minimum atomic E-state index is -1.62. The van der Waals surface area contributed by atoms with Crippen LogP contribution in [0.15, 0.2) is 48.5 Å². The van der Waals surface area contributed by atoms with Gasteiger partial charge < -0.3 is 51.9 Å². The highest BCUT2D eigenvalue weighted by Crippen LogP contribution is 2.31. The van der Waals surface area contributed by atoms with Crippen LogP contribution in [0.4, 0.5) is 0 Å². The van der Waals surface area contributed by atoms with E-state index in [9.17, 15) is 78.0 Å². The van der Waals surface area contributed by atoms with E-state index in [4.69, 9.17) is 5.73 Å². The maximum atomic E-state index is 14.9. The topological polar surface area (TPSA) is 367 Å². The van der Waals surface area contributed by atoms with Crippen molar-refractivity contribution in [3.05, 3.63) is 70.8 Å². The lowest BCUT2D eigenvalue weighted by Gasteiger charge is -2.33. The van der Waals surface area contributed by atoms with Crippen molar-refractivity contribution in [3.63, 3.8) is 0 Å². The fraction of sp³-hybridized carbons (Fsp3) is 0.652. The molecule has 4 heterocycles. The standard InChI is InChI=1S/C69H102N10O16S3/c1-3-4-6-15-53(81)38-52-46-98-45-51-35-49(43-96-32-11-16-54(82)39-74-24-26-75(40-61(85)86)28-30-77(42-63(89)90)31-29-76(27-25-74)41-62(87)88)34-50(36-51)44-97-33-12-19-59(83)56(37-48-13-7-5-8-14-48)72-65(91)55(20-21-60(70)84)71-67(93)64(47(2)80)73-66(92)57-17-9-22-78(57)69(95)58-18-10-23-79(58)68(52)94/h5,7-8,13-14,34-36,47,52,55-58,64,80H,3-4,6,9-12,15-33,37-46H2,1-2H3,(H2,70,84)(H,71,93)(H,72,91)(H,73,92)(H,85,86)(H,87,88)(H,89,90)/t47-,52+,55+,56+,57+,58+,64+/m1/s1. The van der Waals surface area contributed by atoms with Gasteiger partial charge in [0.2, 0.25) is 35.4 Å². The maximum absolute atomic E-state index is 14.9. The molecule has 9 N–H and O–H groups in total. The summed E-state index contributed by atoms with van der Waals surface area (Å²) in [6.45, 7) is 5.38. The fourth-order valence-electron chi connectivity index (χ4n) is 12.8. The van der Waals surface area contributed by atoms with E-state index >= 15 is 0 Å². The van der Waals surface area contributed by atoms with E-state index in [2.05, 4.69) is 34.1 Å². The van der Waals surface area contributed by atoms with Crippen LogP contribution in [0.3, 0.4) is 0 Å². The molecule has 0 unspecified atom stereocenters. The number of carboxylic acid groups (broad SMARTS) is 3. The number of primary amides is 1. The van der Waals surface area contributed by atoms with Crippen molar-refractivity contribution in [1.29, 1.82) is 0 Å². The van der Waals surface area contributed by atoms with Crippen LogP contribution in [0.5, 0.6) is 0 Å². The van der Waals surface area contributed by atoms with Gasteiger partial charge in [0.05, 0.1) is 44.2 Å². The van der Waals surface area contributed by atoms with Crippen LogP contribution in [0, 0.1) is 5.92 Å². The first-order chi connectivity index (χ1) is 47.0. The molecular formula is C69H102N10O16S3. The Labute approximate surface area is 587 Å². The Balaban J connectivity index is 1.22. The lowest BCUT2D eigenvalue weighted by Crippen LogP contribution is -2.61. The van der Waals surface area contributed by atoms with Crippen LogP contribution >= 0.6 is 35.3 Å². The molecule has 0 spiro atoms. The quantitative estimate of drug-likeness (QED) is 0.0627. The van der Waals surface area contributed by atoms with Gasteiger partial charge in [0, 0.05) is 121 Å². The lowest BCUT2D eigenvalue weighted by atomic mass is 9.98. The number of unbranched alkanes of at least 4 members (excludes halogenated alkanes) is 2. The van der Waals surface area contributed by atoms with Crippen molar-refractivity contribution in [2.75, 3.05) is 109 Å². The molecule has 0 aliphatic carbocycles. The molecule has 7 atom stereocenters. The summed E-state index contributed by atoms with van der Waals surface area (Å²) < 4.78 is 0. The Morgan fingerprint density at radius 3 is 1.72 bits per heavy atom. The van der Waals surface area contributed by atoms with Gasteiger partial charge >= 0.3 is 17.9 Å². The van der Waals surface area contributed by atoms with Crippen molar-refractivity contribution in [1.82, 2.24) is 45.3 Å². The molecule has 0 aromatic heterocycles. The smallest absolute Gasteiger partial charge is 0.317 e. The predicted octanol–water partition coefficient (Wildman–Crippen LogP) is 3.05. The van der Waals surface area contributed by atoms with Gasteiger partial charge in [-0.25, -0.2) is 0 Å². The van der Waals surface area contributed by atoms with Crippen molar-refractivity contribution >= 4 is 106 Å². The van der Waals surface area contributed by atoms with Crippen LogP contribution < -0.4 is 21.7 Å². The monoisotopic (exact) mass is 1420 g/mol. The molecule has 98 heavy (non-hydrogen) atoms. The zero-order chi connectivity index (χ0) is 71.1. The number of benzene rings is 2. The number of carbonyl (C=O) groups is 12. The first-order valence-corrected chi connectivity index (χ1v) is 37.9. The molecule has 6 rings (SSSR count). The van der Waals surface area contributed by atoms with Crippen LogP contribution in [0.2, 0.25) is 0 Å². The number of aliphatic carboxylic acids is 3. The molecule has 26 nitrogen and oxygen atoms in total. The number of hydrogen-bond donors (Lipinski definition) is 8. The highest BCUT2D eigenvalue weighted by molar-refractivity contribution is 7.99. The number of nitrogens with two attached hydrogens (primary N) is 1. The molecule has 4 aliphatic rings. The van der Waals surface area contributed by atoms with E-state index < -0.39 is 89.7 Å². The third-order valence-corrected chi connectivity index (χ3v) is 21.4. The van der Waals surface area contributed by atoms with Crippen molar-refractivity contribution < 1.29 is 78.0 Å². The number of hydrogen-bond acceptors (Lipinski definition) is 20. The van der Waals surface area contributed by atoms with E-state index in [1.54, 1.807) is 43.1 Å². The molecule has 2 aromatic carbocycles. The molecular weight excluding hydrogens is 1320 g/mol. The van der Waals surface area contributed by atoms with Crippen LogP contribution in [-0.2, 0) is 81.2 Å². The third kappa shape index (κ3) is 28.3. The summed E-state index contributed by atoms with van der Waals surface area (Å²) in [5.74, 6) is -4.99. The van der Waals surface area contributed by atoms with Gasteiger partial charge in [0.25, 0.3) is 0 Å². The molecule has 0 radical (unpaired) electrons. The first kappa shape index (κ1) is 80.5. The lowest BCUT2D eigenvalue weighted by molar-refractivity contribution is -0.148. The first-order valence-electron chi connectivity index (χ1n) is 34.4. The summed E-state index contributed by atoms with van der Waals surface area (Å²) in [4.78, 5) is 171. The average molecular weight is 1420 g/mol. The number of ketones is 3. The third-order valence-electron chi connectivity index (χ3n) is 18.0. The largest absolute Gasteiger partial charge is 0.480 e. The van der Waals surface area contributed by atoms with E-state index in [-0.39, 0.29) is 134 Å². The van der Waals surface area contributed by atoms with Crippen molar-refractivity contribution in [2.45, 2.75) is 170 Å². The number of Topliss-reactive ketones (excluding diaryl/α,β-unsaturated/α-hetero) is 3.